The molecule has 0 saturated heterocycles. The van der Waals surface area contributed by atoms with E-state index in [9.17, 15) is 19.3 Å². The van der Waals surface area contributed by atoms with Gasteiger partial charge in [0.25, 0.3) is 5.69 Å². The van der Waals surface area contributed by atoms with E-state index in [4.69, 9.17) is 0 Å². The number of carbonyl (C=O) groups is 1. The van der Waals surface area contributed by atoms with Crippen molar-refractivity contribution in [1.29, 1.82) is 0 Å². The zero-order valence-electron chi connectivity index (χ0n) is 16.7. The van der Waals surface area contributed by atoms with E-state index in [0.717, 1.165) is 17.1 Å². The number of aromatic amines is 1. The lowest BCUT2D eigenvalue weighted by Crippen LogP contribution is -2.29. The molecule has 7 nitrogen and oxygen atoms in total. The monoisotopic (exact) mass is 408 g/mol. The van der Waals surface area contributed by atoms with Gasteiger partial charge in [-0.25, -0.2) is 4.39 Å². The predicted octanol–water partition coefficient (Wildman–Crippen LogP) is 4.78. The fourth-order valence-corrected chi connectivity index (χ4v) is 3.99. The number of nitro benzene ring substituents is 1. The number of aromatic nitrogens is 1. The molecule has 1 amide bonds. The Hall–Kier alpha value is -3.68. The van der Waals surface area contributed by atoms with Crippen molar-refractivity contribution in [3.05, 3.63) is 69.7 Å². The van der Waals surface area contributed by atoms with Crippen LogP contribution in [0.3, 0.4) is 0 Å². The van der Waals surface area contributed by atoms with Gasteiger partial charge in [0.2, 0.25) is 5.91 Å². The third-order valence-electron chi connectivity index (χ3n) is 5.38. The molecule has 0 bridgehead atoms. The van der Waals surface area contributed by atoms with Crippen LogP contribution in [-0.4, -0.2) is 28.9 Å². The van der Waals surface area contributed by atoms with Crippen LogP contribution in [0, 0.1) is 22.9 Å². The quantitative estimate of drug-likeness (QED) is 0.480. The topological polar surface area (TPSA) is 91.3 Å². The summed E-state index contributed by atoms with van der Waals surface area (Å²) in [6, 6.07) is 8.33. The van der Waals surface area contributed by atoms with Gasteiger partial charge in [0.1, 0.15) is 5.69 Å². The van der Waals surface area contributed by atoms with Crippen LogP contribution in [0.25, 0.3) is 16.5 Å². The van der Waals surface area contributed by atoms with Crippen molar-refractivity contribution in [1.82, 2.24) is 4.98 Å². The second-order valence-corrected chi connectivity index (χ2v) is 7.38. The average molecular weight is 408 g/mol. The molecule has 0 saturated carbocycles. The maximum Gasteiger partial charge on any atom is 0.295 e. The molecule has 0 radical (unpaired) electrons. The molecule has 0 spiro atoms. The SMILES string of the molecule is CC(=O)Nc1cc(N2CC=C(c3c[nH]c4cccc(C)c34)CC2)c(F)cc1[N+](=O)[O-]. The van der Waals surface area contributed by atoms with Crippen molar-refractivity contribution < 1.29 is 14.1 Å². The van der Waals surface area contributed by atoms with Crippen LogP contribution in [-0.2, 0) is 4.79 Å². The highest BCUT2D eigenvalue weighted by Gasteiger charge is 2.24. The van der Waals surface area contributed by atoms with Gasteiger partial charge in [-0.15, -0.1) is 0 Å². The Morgan fingerprint density at radius 3 is 2.80 bits per heavy atom. The van der Waals surface area contributed by atoms with E-state index in [0.29, 0.717) is 19.5 Å². The molecule has 154 valence electrons. The summed E-state index contributed by atoms with van der Waals surface area (Å²) >= 11 is 0. The van der Waals surface area contributed by atoms with Crippen LogP contribution < -0.4 is 10.2 Å². The zero-order chi connectivity index (χ0) is 21.4. The molecule has 0 fully saturated rings. The van der Waals surface area contributed by atoms with Gasteiger partial charge in [0, 0.05) is 42.7 Å². The van der Waals surface area contributed by atoms with Crippen molar-refractivity contribution >= 4 is 39.4 Å². The number of fused-ring (bicyclic) bond motifs is 1. The standard InChI is InChI=1S/C22H21FN4O3/c1-13-4-3-5-18-22(13)16(12-24-18)15-6-8-26(9-7-15)20-11-19(25-14(2)28)21(27(29)30)10-17(20)23/h3-6,10-12,24H,7-9H2,1-2H3,(H,25,28). The normalized spacial score (nSPS) is 14.0. The number of nitro groups is 1. The number of amides is 1. The number of H-pyrrole nitrogens is 1. The summed E-state index contributed by atoms with van der Waals surface area (Å²) in [5.41, 5.74) is 4.35. The fraction of sp³-hybridized carbons (Fsp3) is 0.227. The fourth-order valence-electron chi connectivity index (χ4n) is 3.99. The number of carbonyl (C=O) groups excluding carboxylic acids is 1. The van der Waals surface area contributed by atoms with Gasteiger partial charge in [0.05, 0.1) is 16.7 Å². The summed E-state index contributed by atoms with van der Waals surface area (Å²) in [7, 11) is 0. The molecule has 3 aromatic rings. The molecule has 1 aliphatic heterocycles. The third kappa shape index (κ3) is 3.52. The van der Waals surface area contributed by atoms with Crippen LogP contribution in [0.5, 0.6) is 0 Å². The van der Waals surface area contributed by atoms with Gasteiger partial charge in [-0.1, -0.05) is 18.2 Å². The number of aryl methyl sites for hydroxylation is 1. The van der Waals surface area contributed by atoms with Crippen LogP contribution in [0.15, 0.2) is 42.6 Å². The van der Waals surface area contributed by atoms with Crippen LogP contribution >= 0.6 is 0 Å². The van der Waals surface area contributed by atoms with Crippen molar-refractivity contribution in [3.8, 4) is 0 Å². The number of rotatable bonds is 4. The van der Waals surface area contributed by atoms with E-state index in [1.54, 1.807) is 0 Å². The molecule has 0 aliphatic carbocycles. The highest BCUT2D eigenvalue weighted by molar-refractivity contribution is 5.95. The minimum absolute atomic E-state index is 0.00840. The van der Waals surface area contributed by atoms with E-state index < -0.39 is 22.3 Å². The van der Waals surface area contributed by atoms with E-state index in [2.05, 4.69) is 29.4 Å². The van der Waals surface area contributed by atoms with Gasteiger partial charge in [-0.3, -0.25) is 14.9 Å². The summed E-state index contributed by atoms with van der Waals surface area (Å²) in [5, 5.41) is 14.8. The van der Waals surface area contributed by atoms with Crippen molar-refractivity contribution in [3.63, 3.8) is 0 Å². The number of hydrogen-bond acceptors (Lipinski definition) is 4. The Bertz CT molecular complexity index is 1200. The van der Waals surface area contributed by atoms with Crippen molar-refractivity contribution in [2.75, 3.05) is 23.3 Å². The summed E-state index contributed by atoms with van der Waals surface area (Å²) < 4.78 is 14.7. The highest BCUT2D eigenvalue weighted by atomic mass is 19.1. The molecule has 0 atom stereocenters. The van der Waals surface area contributed by atoms with E-state index in [1.807, 2.05) is 23.2 Å². The van der Waals surface area contributed by atoms with Gasteiger partial charge in [-0.05, 0) is 36.6 Å². The first-order valence-electron chi connectivity index (χ1n) is 9.61. The molecule has 2 heterocycles. The number of anilines is 2. The number of nitrogens with one attached hydrogen (secondary N) is 2. The largest absolute Gasteiger partial charge is 0.365 e. The lowest BCUT2D eigenvalue weighted by molar-refractivity contribution is -0.384. The van der Waals surface area contributed by atoms with Crippen LogP contribution in [0.1, 0.15) is 24.5 Å². The number of halogens is 1. The first-order valence-corrected chi connectivity index (χ1v) is 9.61. The second kappa shape index (κ2) is 7.62. The summed E-state index contributed by atoms with van der Waals surface area (Å²) in [5.74, 6) is -1.14. The first kappa shape index (κ1) is 19.6. The summed E-state index contributed by atoms with van der Waals surface area (Å²) in [4.78, 5) is 27.0. The van der Waals surface area contributed by atoms with Crippen molar-refractivity contribution in [2.24, 2.45) is 0 Å². The molecule has 1 aliphatic rings. The molecule has 30 heavy (non-hydrogen) atoms. The Labute approximate surface area is 172 Å². The van der Waals surface area contributed by atoms with E-state index in [1.165, 1.54) is 29.5 Å². The number of benzene rings is 2. The predicted molar refractivity (Wildman–Crippen MR) is 115 cm³/mol. The number of hydrogen-bond donors (Lipinski definition) is 2. The zero-order valence-corrected chi connectivity index (χ0v) is 16.7. The van der Waals surface area contributed by atoms with Gasteiger partial charge in [-0.2, -0.15) is 0 Å². The lowest BCUT2D eigenvalue weighted by atomic mass is 9.96. The maximum atomic E-state index is 14.7. The molecular formula is C22H21FN4O3. The Balaban J connectivity index is 1.65. The maximum absolute atomic E-state index is 14.7. The molecule has 1 aromatic heterocycles. The Morgan fingerprint density at radius 2 is 2.13 bits per heavy atom. The smallest absolute Gasteiger partial charge is 0.295 e. The Morgan fingerprint density at radius 1 is 1.33 bits per heavy atom. The van der Waals surface area contributed by atoms with E-state index in [-0.39, 0.29) is 11.4 Å². The third-order valence-corrected chi connectivity index (χ3v) is 5.38. The molecule has 4 rings (SSSR count). The second-order valence-electron chi connectivity index (χ2n) is 7.38. The van der Waals surface area contributed by atoms with Gasteiger partial charge in [0.15, 0.2) is 5.82 Å². The highest BCUT2D eigenvalue weighted by Crippen LogP contribution is 2.36. The average Bonchev–Trinajstić information content (AvgIpc) is 3.14. The van der Waals surface area contributed by atoms with Gasteiger partial charge >= 0.3 is 0 Å². The molecular weight excluding hydrogens is 387 g/mol. The van der Waals surface area contributed by atoms with Crippen molar-refractivity contribution in [2.45, 2.75) is 20.3 Å². The van der Waals surface area contributed by atoms with Crippen LogP contribution in [0.2, 0.25) is 0 Å². The summed E-state index contributed by atoms with van der Waals surface area (Å²) in [6.07, 6.45) is 4.76. The molecule has 0 unspecified atom stereocenters. The Kier molecular flexibility index (Phi) is 4.99. The van der Waals surface area contributed by atoms with E-state index >= 15 is 0 Å². The molecule has 2 N–H and O–H groups in total. The molecule has 8 heteroatoms. The first-order chi connectivity index (χ1) is 14.3. The minimum atomic E-state index is -0.703. The van der Waals surface area contributed by atoms with Gasteiger partial charge < -0.3 is 15.2 Å². The molecule has 2 aromatic carbocycles. The van der Waals surface area contributed by atoms with Crippen LogP contribution in [0.4, 0.5) is 21.5 Å². The minimum Gasteiger partial charge on any atom is -0.365 e. The summed E-state index contributed by atoms with van der Waals surface area (Å²) in [6.45, 7) is 4.35. The lowest BCUT2D eigenvalue weighted by Gasteiger charge is -2.29. The number of nitrogens with zero attached hydrogens (tertiary/aromatic N) is 2.